The van der Waals surface area contributed by atoms with Gasteiger partial charge in [0, 0.05) is 18.2 Å². The maximum Gasteiger partial charge on any atom is 0.313 e. The number of carboxylic acids is 1. The SMILES string of the molecule is CCCCC(C)C(=O)NCCSCC(=O)O. The molecule has 94 valence electrons. The summed E-state index contributed by atoms with van der Waals surface area (Å²) in [5, 5.41) is 11.2. The Balaban J connectivity index is 3.45. The third-order valence-electron chi connectivity index (χ3n) is 2.21. The second-order valence-corrected chi connectivity index (χ2v) is 4.89. The van der Waals surface area contributed by atoms with Crippen molar-refractivity contribution < 1.29 is 14.7 Å². The Bertz CT molecular complexity index is 221. The minimum atomic E-state index is -0.812. The van der Waals surface area contributed by atoms with Gasteiger partial charge in [-0.15, -0.1) is 11.8 Å². The average Bonchev–Trinajstić information content (AvgIpc) is 2.24. The van der Waals surface area contributed by atoms with Crippen molar-refractivity contribution in [2.75, 3.05) is 18.1 Å². The van der Waals surface area contributed by atoms with E-state index in [1.165, 1.54) is 11.8 Å². The molecule has 0 aromatic rings. The van der Waals surface area contributed by atoms with Crippen molar-refractivity contribution in [1.82, 2.24) is 5.32 Å². The normalized spacial score (nSPS) is 12.1. The maximum atomic E-state index is 11.5. The predicted octanol–water partition coefficient (Wildman–Crippen LogP) is 1.75. The lowest BCUT2D eigenvalue weighted by molar-refractivity contribution is -0.134. The monoisotopic (exact) mass is 247 g/mol. The summed E-state index contributed by atoms with van der Waals surface area (Å²) in [5.41, 5.74) is 0. The number of unbranched alkanes of at least 4 members (excludes halogenated alkanes) is 1. The molecular formula is C11H21NO3S. The van der Waals surface area contributed by atoms with Crippen LogP contribution in [0, 0.1) is 5.92 Å². The van der Waals surface area contributed by atoms with Crippen molar-refractivity contribution in [3.63, 3.8) is 0 Å². The average molecular weight is 247 g/mol. The molecule has 1 atom stereocenters. The van der Waals surface area contributed by atoms with Crippen LogP contribution in [0.3, 0.4) is 0 Å². The summed E-state index contributed by atoms with van der Waals surface area (Å²) >= 11 is 1.32. The van der Waals surface area contributed by atoms with Crippen LogP contribution < -0.4 is 5.32 Å². The Labute approximate surface area is 101 Å². The predicted molar refractivity (Wildman–Crippen MR) is 66.7 cm³/mol. The van der Waals surface area contributed by atoms with E-state index in [9.17, 15) is 9.59 Å². The van der Waals surface area contributed by atoms with E-state index >= 15 is 0 Å². The van der Waals surface area contributed by atoms with Gasteiger partial charge < -0.3 is 10.4 Å². The lowest BCUT2D eigenvalue weighted by Gasteiger charge is -2.11. The van der Waals surface area contributed by atoms with Crippen LogP contribution in [0.2, 0.25) is 0 Å². The number of hydrogen-bond donors (Lipinski definition) is 2. The molecule has 0 saturated heterocycles. The summed E-state index contributed by atoms with van der Waals surface area (Å²) in [5.74, 6) is 0.0706. The molecule has 1 unspecified atom stereocenters. The van der Waals surface area contributed by atoms with E-state index in [2.05, 4.69) is 12.2 Å². The maximum absolute atomic E-state index is 11.5. The second-order valence-electron chi connectivity index (χ2n) is 3.78. The molecule has 0 aliphatic carbocycles. The van der Waals surface area contributed by atoms with Crippen LogP contribution >= 0.6 is 11.8 Å². The van der Waals surface area contributed by atoms with Crippen molar-refractivity contribution in [2.45, 2.75) is 33.1 Å². The molecule has 0 rings (SSSR count). The number of carbonyl (C=O) groups is 2. The summed E-state index contributed by atoms with van der Waals surface area (Å²) in [6.45, 7) is 4.58. The zero-order valence-corrected chi connectivity index (χ0v) is 10.8. The van der Waals surface area contributed by atoms with Gasteiger partial charge in [0.25, 0.3) is 0 Å². The molecule has 2 N–H and O–H groups in total. The first-order valence-electron chi connectivity index (χ1n) is 5.65. The first-order chi connectivity index (χ1) is 7.57. The van der Waals surface area contributed by atoms with Crippen LogP contribution in [0.1, 0.15) is 33.1 Å². The largest absolute Gasteiger partial charge is 0.481 e. The third kappa shape index (κ3) is 8.59. The second kappa shape index (κ2) is 9.51. The Kier molecular flexibility index (Phi) is 9.09. The van der Waals surface area contributed by atoms with Gasteiger partial charge in [-0.1, -0.05) is 26.7 Å². The number of carbonyl (C=O) groups excluding carboxylic acids is 1. The van der Waals surface area contributed by atoms with E-state index < -0.39 is 5.97 Å². The molecule has 0 radical (unpaired) electrons. The number of thioether (sulfide) groups is 1. The number of rotatable bonds is 9. The van der Waals surface area contributed by atoms with E-state index in [4.69, 9.17) is 5.11 Å². The van der Waals surface area contributed by atoms with Gasteiger partial charge in [-0.2, -0.15) is 0 Å². The fourth-order valence-corrected chi connectivity index (χ4v) is 1.79. The van der Waals surface area contributed by atoms with Crippen molar-refractivity contribution in [1.29, 1.82) is 0 Å². The standard InChI is InChI=1S/C11H21NO3S/c1-3-4-5-9(2)11(15)12-6-7-16-8-10(13)14/h9H,3-8H2,1-2H3,(H,12,15)(H,13,14). The molecule has 5 heteroatoms. The smallest absolute Gasteiger partial charge is 0.313 e. The first kappa shape index (κ1) is 15.3. The number of hydrogen-bond acceptors (Lipinski definition) is 3. The van der Waals surface area contributed by atoms with Gasteiger partial charge in [-0.3, -0.25) is 9.59 Å². The van der Waals surface area contributed by atoms with Crippen molar-refractivity contribution in [3.8, 4) is 0 Å². The van der Waals surface area contributed by atoms with Gasteiger partial charge in [-0.05, 0) is 6.42 Å². The van der Waals surface area contributed by atoms with E-state index in [1.54, 1.807) is 0 Å². The quantitative estimate of drug-likeness (QED) is 0.609. The number of aliphatic carboxylic acids is 1. The van der Waals surface area contributed by atoms with Gasteiger partial charge in [0.15, 0.2) is 0 Å². The molecule has 0 fully saturated rings. The van der Waals surface area contributed by atoms with Crippen molar-refractivity contribution in [2.24, 2.45) is 5.92 Å². The van der Waals surface area contributed by atoms with Crippen LogP contribution in [0.4, 0.5) is 0 Å². The van der Waals surface area contributed by atoms with Crippen LogP contribution in [-0.4, -0.2) is 35.0 Å². The molecule has 4 nitrogen and oxygen atoms in total. The van der Waals surface area contributed by atoms with Crippen molar-refractivity contribution in [3.05, 3.63) is 0 Å². The summed E-state index contributed by atoms with van der Waals surface area (Å²) in [6.07, 6.45) is 3.10. The number of nitrogens with one attached hydrogen (secondary N) is 1. The highest BCUT2D eigenvalue weighted by atomic mass is 32.2. The summed E-state index contributed by atoms with van der Waals surface area (Å²) in [4.78, 5) is 21.7. The Hall–Kier alpha value is -0.710. The fourth-order valence-electron chi connectivity index (χ4n) is 1.22. The minimum absolute atomic E-state index is 0.0597. The molecule has 0 aromatic heterocycles. The molecule has 16 heavy (non-hydrogen) atoms. The lowest BCUT2D eigenvalue weighted by atomic mass is 10.0. The van der Waals surface area contributed by atoms with Crippen LogP contribution in [0.15, 0.2) is 0 Å². The summed E-state index contributed by atoms with van der Waals surface area (Å²) in [6, 6.07) is 0. The van der Waals surface area contributed by atoms with Gasteiger partial charge in [-0.25, -0.2) is 0 Å². The van der Waals surface area contributed by atoms with Crippen molar-refractivity contribution >= 4 is 23.6 Å². The summed E-state index contributed by atoms with van der Waals surface area (Å²) < 4.78 is 0. The number of carboxylic acid groups (broad SMARTS) is 1. The fraction of sp³-hybridized carbons (Fsp3) is 0.818. The Morgan fingerprint density at radius 3 is 2.69 bits per heavy atom. The molecule has 1 amide bonds. The van der Waals surface area contributed by atoms with Gasteiger partial charge in [0.1, 0.15) is 0 Å². The van der Waals surface area contributed by atoms with Gasteiger partial charge >= 0.3 is 5.97 Å². The molecule has 0 heterocycles. The lowest BCUT2D eigenvalue weighted by Crippen LogP contribution is -2.31. The number of amides is 1. The molecule has 0 bridgehead atoms. The molecule has 0 spiro atoms. The zero-order chi connectivity index (χ0) is 12.4. The van der Waals surface area contributed by atoms with Crippen LogP contribution in [0.25, 0.3) is 0 Å². The summed E-state index contributed by atoms with van der Waals surface area (Å²) in [7, 11) is 0. The highest BCUT2D eigenvalue weighted by Gasteiger charge is 2.10. The first-order valence-corrected chi connectivity index (χ1v) is 6.80. The van der Waals surface area contributed by atoms with Crippen LogP contribution in [-0.2, 0) is 9.59 Å². The molecule has 0 aromatic carbocycles. The Morgan fingerprint density at radius 1 is 1.44 bits per heavy atom. The Morgan fingerprint density at radius 2 is 2.12 bits per heavy atom. The van der Waals surface area contributed by atoms with E-state index in [-0.39, 0.29) is 17.6 Å². The van der Waals surface area contributed by atoms with Gasteiger partial charge in [0.05, 0.1) is 5.75 Å². The minimum Gasteiger partial charge on any atom is -0.481 e. The van der Waals surface area contributed by atoms with E-state index in [1.807, 2.05) is 6.92 Å². The van der Waals surface area contributed by atoms with E-state index in [0.717, 1.165) is 19.3 Å². The van der Waals surface area contributed by atoms with Gasteiger partial charge in [0.2, 0.25) is 5.91 Å². The topological polar surface area (TPSA) is 66.4 Å². The van der Waals surface area contributed by atoms with Crippen LogP contribution in [0.5, 0.6) is 0 Å². The molecule has 0 saturated carbocycles. The molecule has 0 aliphatic rings. The molecular weight excluding hydrogens is 226 g/mol. The third-order valence-corrected chi connectivity index (χ3v) is 3.15. The molecule has 0 aliphatic heterocycles. The highest BCUT2D eigenvalue weighted by molar-refractivity contribution is 7.99. The zero-order valence-electron chi connectivity index (χ0n) is 9.99. The van der Waals surface area contributed by atoms with E-state index in [0.29, 0.717) is 12.3 Å². The highest BCUT2D eigenvalue weighted by Crippen LogP contribution is 2.07.